The Morgan fingerprint density at radius 1 is 0.900 bits per heavy atom. The Morgan fingerprint density at radius 2 is 1.63 bits per heavy atom. The molecule has 5 N–H and O–H groups in total. The number of piperidine rings is 1. The molecular weight excluding hydrogens is 424 g/mol. The molecule has 4 bridgehead atoms. The number of hydrogen-bond acceptors (Lipinski definition) is 7. The van der Waals surface area contributed by atoms with E-state index in [9.17, 15) is 36.6 Å². The van der Waals surface area contributed by atoms with Crippen molar-refractivity contribution in [2.75, 3.05) is 6.61 Å². The number of hydrazine groups is 1. The summed E-state index contributed by atoms with van der Waals surface area (Å²) in [5.41, 5.74) is 1.65. The van der Waals surface area contributed by atoms with Gasteiger partial charge in [-0.25, -0.2) is 10.9 Å². The van der Waals surface area contributed by atoms with E-state index in [1.165, 1.54) is 0 Å². The largest absolute Gasteiger partial charge is 0.421 e. The molecule has 13 heteroatoms. The van der Waals surface area contributed by atoms with Gasteiger partial charge in [-0.3, -0.25) is 5.32 Å². The summed E-state index contributed by atoms with van der Waals surface area (Å²) in [6.07, 6.45) is -15.0. The minimum absolute atomic E-state index is 0.0106. The van der Waals surface area contributed by atoms with Crippen molar-refractivity contribution in [3.8, 4) is 0 Å². The molecule has 0 radical (unpaired) electrons. The lowest BCUT2D eigenvalue weighted by molar-refractivity contribution is -0.301. The number of hydrogen-bond donors (Lipinski definition) is 5. The summed E-state index contributed by atoms with van der Waals surface area (Å²) in [5, 5.41) is 22.6. The Balaban J connectivity index is 1.84. The molecule has 0 amide bonds. The minimum Gasteiger partial charge on any atom is -0.394 e. The Hall–Kier alpha value is -0.700. The summed E-state index contributed by atoms with van der Waals surface area (Å²) in [6.45, 7) is -0.512. The number of aliphatic hydroxyl groups is 2. The zero-order valence-corrected chi connectivity index (χ0v) is 16.1. The molecule has 176 valence electrons. The fourth-order valence-electron chi connectivity index (χ4n) is 4.20. The van der Waals surface area contributed by atoms with Crippen LogP contribution in [-0.2, 0) is 9.47 Å². The summed E-state index contributed by atoms with van der Waals surface area (Å²) in [7, 11) is 0. The first kappa shape index (κ1) is 24.0. The van der Waals surface area contributed by atoms with E-state index in [1.807, 2.05) is 0 Å². The molecule has 3 aliphatic rings. The van der Waals surface area contributed by atoms with Crippen LogP contribution >= 0.6 is 0 Å². The molecule has 30 heavy (non-hydrogen) atoms. The molecule has 3 aliphatic heterocycles. The van der Waals surface area contributed by atoms with Gasteiger partial charge in [-0.1, -0.05) is 19.3 Å². The molecule has 3 heterocycles. The van der Waals surface area contributed by atoms with Crippen LogP contribution in [0, 0.1) is 5.92 Å². The highest BCUT2D eigenvalue weighted by atomic mass is 19.4. The van der Waals surface area contributed by atoms with E-state index in [2.05, 4.69) is 16.2 Å². The first-order valence-electron chi connectivity index (χ1n) is 10.0. The van der Waals surface area contributed by atoms with Gasteiger partial charge < -0.3 is 19.7 Å². The van der Waals surface area contributed by atoms with Crippen LogP contribution in [0.3, 0.4) is 0 Å². The van der Waals surface area contributed by atoms with Gasteiger partial charge in [-0.15, -0.1) is 0 Å². The van der Waals surface area contributed by atoms with Crippen molar-refractivity contribution in [1.82, 2.24) is 16.2 Å². The molecule has 0 aromatic carbocycles. The smallest absolute Gasteiger partial charge is 0.394 e. The Morgan fingerprint density at radius 3 is 2.27 bits per heavy atom. The van der Waals surface area contributed by atoms with E-state index >= 15 is 0 Å². The molecule has 0 aliphatic carbocycles. The van der Waals surface area contributed by atoms with Crippen LogP contribution in [-0.4, -0.2) is 65.6 Å². The molecule has 7 atom stereocenters. The summed E-state index contributed by atoms with van der Waals surface area (Å²) in [4.78, 5) is 0. The van der Waals surface area contributed by atoms with E-state index < -0.39 is 67.7 Å². The first-order valence-corrected chi connectivity index (χ1v) is 10.0. The molecule has 7 nitrogen and oxygen atoms in total. The number of fused-ring (bicyclic) bond motifs is 5. The number of aliphatic hydroxyl groups excluding tert-OH is 1. The van der Waals surface area contributed by atoms with Gasteiger partial charge in [0.2, 0.25) is 5.60 Å². The molecule has 5 unspecified atom stereocenters. The molecule has 3 fully saturated rings. The lowest BCUT2D eigenvalue weighted by atomic mass is 9.90. The second kappa shape index (κ2) is 9.04. The minimum atomic E-state index is -4.97. The maximum Gasteiger partial charge on any atom is 0.421 e. The van der Waals surface area contributed by atoms with E-state index in [0.717, 1.165) is 0 Å². The average Bonchev–Trinajstić information content (AvgIpc) is 3.14. The van der Waals surface area contributed by atoms with E-state index in [1.54, 1.807) is 0 Å². The van der Waals surface area contributed by atoms with E-state index in [4.69, 9.17) is 9.47 Å². The second-order valence-corrected chi connectivity index (χ2v) is 8.11. The molecule has 3 rings (SSSR count). The van der Waals surface area contributed by atoms with Crippen LogP contribution in [0.25, 0.3) is 0 Å². The van der Waals surface area contributed by atoms with Crippen LogP contribution in [0.15, 0.2) is 0 Å². The third-order valence-electron chi connectivity index (χ3n) is 6.01. The van der Waals surface area contributed by atoms with Gasteiger partial charge >= 0.3 is 12.4 Å². The molecular formula is C17H27F6N3O4. The molecule has 0 saturated carbocycles. The van der Waals surface area contributed by atoms with Crippen LogP contribution < -0.4 is 16.2 Å². The molecule has 3 saturated heterocycles. The normalized spacial score (nSPS) is 42.0. The topological polar surface area (TPSA) is 95.0 Å². The van der Waals surface area contributed by atoms with Crippen molar-refractivity contribution in [1.29, 1.82) is 0 Å². The Kier molecular flexibility index (Phi) is 7.22. The maximum atomic E-state index is 13.6. The molecule has 0 aromatic rings. The molecule has 0 spiro atoms. The highest BCUT2D eigenvalue weighted by molar-refractivity contribution is 4.98. The summed E-state index contributed by atoms with van der Waals surface area (Å²) < 4.78 is 92.1. The number of halogens is 6. The van der Waals surface area contributed by atoms with Gasteiger partial charge in [-0.2, -0.15) is 26.3 Å². The van der Waals surface area contributed by atoms with Crippen molar-refractivity contribution in [3.05, 3.63) is 0 Å². The third-order valence-corrected chi connectivity index (χ3v) is 6.01. The highest BCUT2D eigenvalue weighted by Crippen LogP contribution is 2.41. The van der Waals surface area contributed by atoms with Gasteiger partial charge in [0.15, 0.2) is 6.23 Å². The Bertz CT molecular complexity index is 581. The monoisotopic (exact) mass is 451 g/mol. The lowest BCUT2D eigenvalue weighted by Crippen LogP contribution is -2.60. The standard InChI is InChI=1S/C17H27F6N3O4/c18-16(19,20)10-5-6-11-13-25-26-14(30-13)15(28,17(21,22)23)7-3-1-2-4-9(8-27)29-12(10)24-11/h9-14,24-28H,1-8H2/t9-,10?,11?,12?,13?,14?,15-/m1/s1. The number of ether oxygens (including phenoxy) is 2. The highest BCUT2D eigenvalue weighted by Gasteiger charge is 2.61. The predicted molar refractivity (Wildman–Crippen MR) is 90.5 cm³/mol. The fraction of sp³-hybridized carbons (Fsp3) is 1.00. The van der Waals surface area contributed by atoms with E-state index in [0.29, 0.717) is 6.42 Å². The SMILES string of the molecule is OC[C@H]1CCCCC[C@](O)(C(F)(F)F)C2NNC(O2)C2CCC(C(F)(F)F)C(N2)O1. The predicted octanol–water partition coefficient (Wildman–Crippen LogP) is 1.65. The third kappa shape index (κ3) is 5.03. The quantitative estimate of drug-likeness (QED) is 0.387. The summed E-state index contributed by atoms with van der Waals surface area (Å²) >= 11 is 0. The zero-order valence-electron chi connectivity index (χ0n) is 16.1. The number of alkyl halides is 6. The van der Waals surface area contributed by atoms with Crippen molar-refractivity contribution in [3.63, 3.8) is 0 Å². The van der Waals surface area contributed by atoms with Gasteiger partial charge in [0.1, 0.15) is 12.5 Å². The van der Waals surface area contributed by atoms with Gasteiger partial charge in [0.25, 0.3) is 0 Å². The van der Waals surface area contributed by atoms with E-state index in [-0.39, 0.29) is 32.1 Å². The molecule has 0 aromatic heterocycles. The van der Waals surface area contributed by atoms with Crippen molar-refractivity contribution in [2.24, 2.45) is 5.92 Å². The summed E-state index contributed by atoms with van der Waals surface area (Å²) in [6, 6.07) is -0.800. The maximum absolute atomic E-state index is 13.6. The van der Waals surface area contributed by atoms with Crippen LogP contribution in [0.4, 0.5) is 26.3 Å². The fourth-order valence-corrected chi connectivity index (χ4v) is 4.20. The van der Waals surface area contributed by atoms with Crippen molar-refractivity contribution in [2.45, 2.75) is 93.7 Å². The Labute approximate surface area is 169 Å². The van der Waals surface area contributed by atoms with Crippen LogP contribution in [0.1, 0.15) is 44.9 Å². The number of nitrogens with one attached hydrogen (secondary N) is 3. The van der Waals surface area contributed by atoms with Gasteiger partial charge in [0, 0.05) is 0 Å². The van der Waals surface area contributed by atoms with Gasteiger partial charge in [-0.05, 0) is 25.7 Å². The lowest BCUT2D eigenvalue weighted by Gasteiger charge is -2.41. The average molecular weight is 451 g/mol. The number of rotatable bonds is 1. The van der Waals surface area contributed by atoms with Gasteiger partial charge in [0.05, 0.1) is 24.7 Å². The van der Waals surface area contributed by atoms with Crippen LogP contribution in [0.2, 0.25) is 0 Å². The summed E-state index contributed by atoms with van der Waals surface area (Å²) in [5.74, 6) is -1.83. The van der Waals surface area contributed by atoms with Crippen molar-refractivity contribution < 1.29 is 46.0 Å². The zero-order chi connectivity index (χ0) is 22.2. The first-order chi connectivity index (χ1) is 14.0. The van der Waals surface area contributed by atoms with Crippen molar-refractivity contribution >= 4 is 0 Å². The second-order valence-electron chi connectivity index (χ2n) is 8.11. The van der Waals surface area contributed by atoms with Crippen LogP contribution in [0.5, 0.6) is 0 Å².